The summed E-state index contributed by atoms with van der Waals surface area (Å²) in [6, 6.07) is 1.88. The highest BCUT2D eigenvalue weighted by Gasteiger charge is 2.30. The molecule has 1 atom stereocenters. The van der Waals surface area contributed by atoms with Crippen LogP contribution in [0.15, 0.2) is 12.3 Å². The molecule has 2 fully saturated rings. The van der Waals surface area contributed by atoms with Crippen molar-refractivity contribution in [2.45, 2.75) is 19.8 Å². The summed E-state index contributed by atoms with van der Waals surface area (Å²) in [6.45, 7) is 5.84. The van der Waals surface area contributed by atoms with Crippen molar-refractivity contribution in [3.05, 3.63) is 23.5 Å². The first kappa shape index (κ1) is 16.1. The van der Waals surface area contributed by atoms with E-state index >= 15 is 0 Å². The van der Waals surface area contributed by atoms with Gasteiger partial charge in [-0.3, -0.25) is 9.59 Å². The molecule has 0 aliphatic carbocycles. The van der Waals surface area contributed by atoms with E-state index in [4.69, 9.17) is 4.74 Å². The topological polar surface area (TPSA) is 54.8 Å². The van der Waals surface area contributed by atoms with Crippen LogP contribution in [0.1, 0.15) is 28.9 Å². The van der Waals surface area contributed by atoms with Crippen LogP contribution in [0.2, 0.25) is 0 Å². The zero-order valence-corrected chi connectivity index (χ0v) is 14.0. The molecule has 2 amide bonds. The van der Waals surface area contributed by atoms with Crippen molar-refractivity contribution in [3.63, 3.8) is 0 Å². The van der Waals surface area contributed by atoms with E-state index in [-0.39, 0.29) is 17.7 Å². The Balaban J connectivity index is 1.63. The highest BCUT2D eigenvalue weighted by molar-refractivity contribution is 5.95. The van der Waals surface area contributed by atoms with Crippen LogP contribution in [0.3, 0.4) is 0 Å². The molecule has 0 spiro atoms. The monoisotopic (exact) mass is 319 g/mol. The number of hydrogen-bond donors (Lipinski definition) is 0. The van der Waals surface area contributed by atoms with E-state index < -0.39 is 0 Å². The molecule has 23 heavy (non-hydrogen) atoms. The molecule has 3 heterocycles. The molecule has 0 bridgehead atoms. The average molecular weight is 319 g/mol. The van der Waals surface area contributed by atoms with E-state index in [1.165, 1.54) is 0 Å². The third kappa shape index (κ3) is 3.27. The van der Waals surface area contributed by atoms with Crippen molar-refractivity contribution in [2.75, 3.05) is 39.4 Å². The van der Waals surface area contributed by atoms with Gasteiger partial charge < -0.3 is 19.1 Å². The van der Waals surface area contributed by atoms with Gasteiger partial charge in [0.25, 0.3) is 5.91 Å². The minimum absolute atomic E-state index is 0.00798. The van der Waals surface area contributed by atoms with Crippen LogP contribution in [0, 0.1) is 12.8 Å². The Labute approximate surface area is 137 Å². The minimum atomic E-state index is 0.00798. The van der Waals surface area contributed by atoms with E-state index in [0.717, 1.165) is 30.6 Å². The molecule has 1 aromatic heterocycles. The van der Waals surface area contributed by atoms with Crippen molar-refractivity contribution in [2.24, 2.45) is 13.0 Å². The fourth-order valence-corrected chi connectivity index (χ4v) is 3.33. The minimum Gasteiger partial charge on any atom is -0.381 e. The lowest BCUT2D eigenvalue weighted by Crippen LogP contribution is -2.40. The van der Waals surface area contributed by atoms with Crippen molar-refractivity contribution >= 4 is 11.8 Å². The molecule has 126 valence electrons. The Hall–Kier alpha value is -1.82. The molecule has 2 aliphatic rings. The zero-order valence-electron chi connectivity index (χ0n) is 14.0. The van der Waals surface area contributed by atoms with Crippen LogP contribution in [0.5, 0.6) is 0 Å². The quantitative estimate of drug-likeness (QED) is 0.818. The zero-order chi connectivity index (χ0) is 16.4. The fourth-order valence-electron chi connectivity index (χ4n) is 3.33. The van der Waals surface area contributed by atoms with Crippen LogP contribution >= 0.6 is 0 Å². The van der Waals surface area contributed by atoms with Crippen molar-refractivity contribution in [1.82, 2.24) is 14.4 Å². The number of carbonyl (C=O) groups excluding carboxylic acids is 2. The highest BCUT2D eigenvalue weighted by atomic mass is 16.5. The summed E-state index contributed by atoms with van der Waals surface area (Å²) < 4.78 is 7.28. The Morgan fingerprint density at radius 1 is 1.17 bits per heavy atom. The normalized spacial score (nSPS) is 22.3. The smallest absolute Gasteiger partial charge is 0.255 e. The van der Waals surface area contributed by atoms with Crippen molar-refractivity contribution in [3.8, 4) is 0 Å². The predicted molar refractivity (Wildman–Crippen MR) is 86.2 cm³/mol. The first-order valence-electron chi connectivity index (χ1n) is 8.35. The number of rotatable bonds is 2. The summed E-state index contributed by atoms with van der Waals surface area (Å²) in [5, 5.41) is 0. The first-order valence-corrected chi connectivity index (χ1v) is 8.35. The van der Waals surface area contributed by atoms with Crippen molar-refractivity contribution < 1.29 is 14.3 Å². The molecule has 3 rings (SSSR count). The summed E-state index contributed by atoms with van der Waals surface area (Å²) in [7, 11) is 1.94. The Morgan fingerprint density at radius 2 is 1.91 bits per heavy atom. The molecule has 0 radical (unpaired) electrons. The van der Waals surface area contributed by atoms with Crippen molar-refractivity contribution in [1.29, 1.82) is 0 Å². The molecule has 1 aromatic rings. The lowest BCUT2D eigenvalue weighted by Gasteiger charge is -2.24. The molecule has 6 nitrogen and oxygen atoms in total. The number of hydrogen-bond acceptors (Lipinski definition) is 3. The second-order valence-corrected chi connectivity index (χ2v) is 6.46. The van der Waals surface area contributed by atoms with Gasteiger partial charge in [-0.25, -0.2) is 0 Å². The Kier molecular flexibility index (Phi) is 4.71. The van der Waals surface area contributed by atoms with Gasteiger partial charge in [0.05, 0.1) is 18.1 Å². The highest BCUT2D eigenvalue weighted by Crippen LogP contribution is 2.18. The lowest BCUT2D eigenvalue weighted by molar-refractivity contribution is -0.135. The molecule has 2 saturated heterocycles. The van der Waals surface area contributed by atoms with E-state index in [1.807, 2.05) is 40.6 Å². The van der Waals surface area contributed by atoms with Gasteiger partial charge in [0.15, 0.2) is 0 Å². The summed E-state index contributed by atoms with van der Waals surface area (Å²) in [4.78, 5) is 29.0. The van der Waals surface area contributed by atoms with Gasteiger partial charge in [-0.05, 0) is 25.8 Å². The summed E-state index contributed by atoms with van der Waals surface area (Å²) in [5.41, 5.74) is 1.74. The second kappa shape index (κ2) is 6.74. The van der Waals surface area contributed by atoms with Gasteiger partial charge >= 0.3 is 0 Å². The van der Waals surface area contributed by atoms with Crippen LogP contribution in [0.25, 0.3) is 0 Å². The average Bonchev–Trinajstić information content (AvgIpc) is 3.11. The van der Waals surface area contributed by atoms with E-state index in [1.54, 1.807) is 0 Å². The largest absolute Gasteiger partial charge is 0.381 e. The SMILES string of the molecule is Cc1c(C(=O)N2CCCN(C(=O)C3CCOC3)CC2)ccn1C. The molecule has 0 saturated carbocycles. The molecular formula is C17H25N3O3. The number of aromatic nitrogens is 1. The van der Waals surface area contributed by atoms with Gasteiger partial charge in [0, 0.05) is 51.7 Å². The van der Waals surface area contributed by atoms with E-state index in [9.17, 15) is 9.59 Å². The predicted octanol–water partition coefficient (Wildman–Crippen LogP) is 1.04. The van der Waals surface area contributed by atoms with Crippen LogP contribution < -0.4 is 0 Å². The molecule has 2 aliphatic heterocycles. The van der Waals surface area contributed by atoms with E-state index in [0.29, 0.717) is 32.8 Å². The second-order valence-electron chi connectivity index (χ2n) is 6.46. The van der Waals surface area contributed by atoms with Gasteiger partial charge in [-0.15, -0.1) is 0 Å². The Bertz CT molecular complexity index is 590. The maximum Gasteiger partial charge on any atom is 0.255 e. The number of ether oxygens (including phenoxy) is 1. The van der Waals surface area contributed by atoms with Crippen LogP contribution in [0.4, 0.5) is 0 Å². The molecule has 0 aromatic carbocycles. The molecular weight excluding hydrogens is 294 g/mol. The summed E-state index contributed by atoms with van der Waals surface area (Å²) in [5.74, 6) is 0.267. The Morgan fingerprint density at radius 3 is 2.57 bits per heavy atom. The third-order valence-corrected chi connectivity index (χ3v) is 4.99. The van der Waals surface area contributed by atoms with E-state index in [2.05, 4.69) is 0 Å². The lowest BCUT2D eigenvalue weighted by atomic mass is 10.1. The number of nitrogens with zero attached hydrogens (tertiary/aromatic N) is 3. The van der Waals surface area contributed by atoms with Gasteiger partial charge in [-0.2, -0.15) is 0 Å². The van der Waals surface area contributed by atoms with Gasteiger partial charge in [0.1, 0.15) is 0 Å². The number of carbonyl (C=O) groups is 2. The maximum absolute atomic E-state index is 12.7. The van der Waals surface area contributed by atoms with Gasteiger partial charge in [0.2, 0.25) is 5.91 Å². The van der Waals surface area contributed by atoms with Gasteiger partial charge in [-0.1, -0.05) is 0 Å². The standard InChI is InChI=1S/C17H25N3O3/c1-13-15(4-8-18(13)2)17(22)20-7-3-6-19(9-10-20)16(21)14-5-11-23-12-14/h4,8,14H,3,5-7,9-12H2,1-2H3. The third-order valence-electron chi connectivity index (χ3n) is 4.99. The van der Waals surface area contributed by atoms with Crippen LogP contribution in [-0.2, 0) is 16.6 Å². The molecule has 6 heteroatoms. The number of amides is 2. The fraction of sp³-hybridized carbons (Fsp3) is 0.647. The summed E-state index contributed by atoms with van der Waals surface area (Å²) in [6.07, 6.45) is 3.56. The number of aryl methyl sites for hydroxylation is 1. The molecule has 0 N–H and O–H groups in total. The first-order chi connectivity index (χ1) is 11.1. The van der Waals surface area contributed by atoms with Crippen LogP contribution in [-0.4, -0.2) is 65.6 Å². The summed E-state index contributed by atoms with van der Waals surface area (Å²) >= 11 is 0. The molecule has 1 unspecified atom stereocenters. The maximum atomic E-state index is 12.7.